The van der Waals surface area contributed by atoms with Gasteiger partial charge in [-0.05, 0) is 31.6 Å². The Morgan fingerprint density at radius 1 is 1.09 bits per heavy atom. The number of nitrogens with zero attached hydrogens (tertiary/aromatic N) is 3. The summed E-state index contributed by atoms with van der Waals surface area (Å²) in [7, 11) is 0. The number of aliphatic hydroxyl groups excluding tert-OH is 1. The number of non-ortho nitro benzene ring substituents is 1. The minimum Gasteiger partial charge on any atom is -0.507 e. The molecule has 8 nitrogen and oxygen atoms in total. The zero-order valence-electron chi connectivity index (χ0n) is 18.2. The lowest BCUT2D eigenvalue weighted by atomic mass is 9.95. The van der Waals surface area contributed by atoms with Gasteiger partial charge in [0.15, 0.2) is 0 Å². The van der Waals surface area contributed by atoms with E-state index in [4.69, 9.17) is 0 Å². The van der Waals surface area contributed by atoms with Crippen molar-refractivity contribution >= 4 is 23.1 Å². The maximum atomic E-state index is 13.0. The van der Waals surface area contributed by atoms with Crippen molar-refractivity contribution in [2.75, 3.05) is 26.2 Å². The third kappa shape index (κ3) is 4.70. The minimum atomic E-state index is -0.896. The molecule has 0 aromatic heterocycles. The van der Waals surface area contributed by atoms with Crippen LogP contribution in [0, 0.1) is 10.1 Å². The Bertz CT molecular complexity index is 1030. The SMILES string of the molecule is CCN(CC)CCCN1C(=O)C(=O)C(=C(O)c2ccccc2)[C@H]1c1cccc([N+](=O)[O-])c1. The highest BCUT2D eigenvalue weighted by Crippen LogP contribution is 2.40. The van der Waals surface area contributed by atoms with Gasteiger partial charge in [-0.15, -0.1) is 0 Å². The number of carbonyl (C=O) groups excluding carboxylic acids is 2. The number of carbonyl (C=O) groups is 2. The van der Waals surface area contributed by atoms with Crippen molar-refractivity contribution in [1.29, 1.82) is 0 Å². The predicted octanol–water partition coefficient (Wildman–Crippen LogP) is 3.75. The molecule has 1 N–H and O–H groups in total. The molecule has 1 saturated heterocycles. The lowest BCUT2D eigenvalue weighted by Gasteiger charge is -2.26. The fraction of sp³-hybridized carbons (Fsp3) is 0.333. The number of nitro groups is 1. The molecule has 0 bridgehead atoms. The lowest BCUT2D eigenvalue weighted by molar-refractivity contribution is -0.384. The first-order chi connectivity index (χ1) is 15.4. The van der Waals surface area contributed by atoms with E-state index in [2.05, 4.69) is 18.7 Å². The summed E-state index contributed by atoms with van der Waals surface area (Å²) >= 11 is 0. The molecule has 32 heavy (non-hydrogen) atoms. The maximum absolute atomic E-state index is 13.0. The molecule has 1 fully saturated rings. The molecule has 2 aromatic rings. The Kier molecular flexibility index (Phi) is 7.37. The van der Waals surface area contributed by atoms with E-state index in [0.717, 1.165) is 19.6 Å². The highest BCUT2D eigenvalue weighted by atomic mass is 16.6. The van der Waals surface area contributed by atoms with Gasteiger partial charge in [0.25, 0.3) is 17.4 Å². The molecule has 0 saturated carbocycles. The smallest absolute Gasteiger partial charge is 0.295 e. The molecule has 0 radical (unpaired) electrons. The molecule has 8 heteroatoms. The summed E-state index contributed by atoms with van der Waals surface area (Å²) < 4.78 is 0. The van der Waals surface area contributed by atoms with Crippen molar-refractivity contribution in [3.63, 3.8) is 0 Å². The van der Waals surface area contributed by atoms with Gasteiger partial charge in [0.2, 0.25) is 0 Å². The lowest BCUT2D eigenvalue weighted by Crippen LogP contribution is -2.33. The number of likely N-dealkylation sites (tertiary alicyclic amines) is 1. The van der Waals surface area contributed by atoms with Crippen LogP contribution in [-0.4, -0.2) is 57.7 Å². The van der Waals surface area contributed by atoms with Crippen molar-refractivity contribution in [3.8, 4) is 0 Å². The van der Waals surface area contributed by atoms with Crippen molar-refractivity contribution in [2.45, 2.75) is 26.3 Å². The van der Waals surface area contributed by atoms with Gasteiger partial charge in [0.05, 0.1) is 16.5 Å². The van der Waals surface area contributed by atoms with Crippen LogP contribution in [0.15, 0.2) is 60.2 Å². The maximum Gasteiger partial charge on any atom is 0.295 e. The van der Waals surface area contributed by atoms with E-state index in [1.165, 1.54) is 23.1 Å². The molecule has 0 unspecified atom stereocenters. The van der Waals surface area contributed by atoms with E-state index in [0.29, 0.717) is 24.1 Å². The normalized spacial score (nSPS) is 17.8. The number of hydrogen-bond acceptors (Lipinski definition) is 6. The van der Waals surface area contributed by atoms with Crippen LogP contribution in [0.3, 0.4) is 0 Å². The van der Waals surface area contributed by atoms with E-state index in [-0.39, 0.29) is 17.0 Å². The number of hydrogen-bond donors (Lipinski definition) is 1. The van der Waals surface area contributed by atoms with E-state index < -0.39 is 22.7 Å². The first kappa shape index (κ1) is 23.1. The second kappa shape index (κ2) is 10.2. The average Bonchev–Trinajstić information content (AvgIpc) is 3.07. The van der Waals surface area contributed by atoms with E-state index in [9.17, 15) is 24.8 Å². The van der Waals surface area contributed by atoms with E-state index in [1.807, 2.05) is 0 Å². The highest BCUT2D eigenvalue weighted by molar-refractivity contribution is 6.46. The number of aliphatic hydroxyl groups is 1. The Morgan fingerprint density at radius 3 is 2.41 bits per heavy atom. The second-order valence-corrected chi connectivity index (χ2v) is 7.59. The van der Waals surface area contributed by atoms with Crippen molar-refractivity contribution in [2.24, 2.45) is 0 Å². The number of rotatable bonds is 9. The van der Waals surface area contributed by atoms with Crippen LogP contribution >= 0.6 is 0 Å². The van der Waals surface area contributed by atoms with Crippen molar-refractivity contribution in [1.82, 2.24) is 9.80 Å². The van der Waals surface area contributed by atoms with E-state index >= 15 is 0 Å². The predicted molar refractivity (Wildman–Crippen MR) is 121 cm³/mol. The van der Waals surface area contributed by atoms with Crippen LogP contribution < -0.4 is 0 Å². The molecule has 1 aliphatic rings. The van der Waals surface area contributed by atoms with Gasteiger partial charge in [0.1, 0.15) is 5.76 Å². The third-order valence-electron chi connectivity index (χ3n) is 5.75. The Morgan fingerprint density at radius 2 is 1.78 bits per heavy atom. The van der Waals surface area contributed by atoms with Crippen LogP contribution in [0.25, 0.3) is 5.76 Å². The van der Waals surface area contributed by atoms with Gasteiger partial charge in [-0.3, -0.25) is 19.7 Å². The monoisotopic (exact) mass is 437 g/mol. The number of ketones is 1. The molecule has 1 atom stereocenters. The summed E-state index contributed by atoms with van der Waals surface area (Å²) in [5.74, 6) is -1.78. The van der Waals surface area contributed by atoms with Crippen LogP contribution in [0.4, 0.5) is 5.69 Å². The standard InChI is InChI=1S/C24H27N3O5/c1-3-25(4-2)14-9-15-26-21(18-12-8-13-19(16-18)27(31)32)20(23(29)24(26)30)22(28)17-10-6-5-7-11-17/h5-8,10-13,16,21,28H,3-4,9,14-15H2,1-2H3/t21-/m1/s1. The zero-order chi connectivity index (χ0) is 23.3. The Balaban J connectivity index is 2.06. The fourth-order valence-electron chi connectivity index (χ4n) is 4.02. The second-order valence-electron chi connectivity index (χ2n) is 7.59. The molecular formula is C24H27N3O5. The number of amides is 1. The fourth-order valence-corrected chi connectivity index (χ4v) is 4.02. The minimum absolute atomic E-state index is 0.0514. The molecule has 1 heterocycles. The van der Waals surface area contributed by atoms with Gasteiger partial charge in [0, 0.05) is 24.2 Å². The topological polar surface area (TPSA) is 104 Å². The summed E-state index contributed by atoms with van der Waals surface area (Å²) in [4.78, 5) is 40.4. The molecule has 2 aromatic carbocycles. The largest absolute Gasteiger partial charge is 0.507 e. The Labute approximate surface area is 186 Å². The summed E-state index contributed by atoms with van der Waals surface area (Å²) in [6, 6.07) is 13.5. The molecule has 3 rings (SSSR count). The Hall–Kier alpha value is -3.52. The van der Waals surface area contributed by atoms with Gasteiger partial charge in [-0.2, -0.15) is 0 Å². The van der Waals surface area contributed by atoms with Crippen LogP contribution in [0.5, 0.6) is 0 Å². The van der Waals surface area contributed by atoms with Gasteiger partial charge in [-0.25, -0.2) is 0 Å². The average molecular weight is 437 g/mol. The van der Waals surface area contributed by atoms with Gasteiger partial charge < -0.3 is 14.9 Å². The third-order valence-corrected chi connectivity index (χ3v) is 5.75. The number of nitro benzene ring substituents is 1. The summed E-state index contributed by atoms with van der Waals surface area (Å²) in [6.45, 7) is 6.89. The molecule has 1 aliphatic heterocycles. The van der Waals surface area contributed by atoms with Gasteiger partial charge >= 0.3 is 0 Å². The van der Waals surface area contributed by atoms with E-state index in [1.54, 1.807) is 36.4 Å². The van der Waals surface area contributed by atoms with Crippen molar-refractivity contribution < 1.29 is 19.6 Å². The molecule has 168 valence electrons. The molecule has 0 aliphatic carbocycles. The first-order valence-corrected chi connectivity index (χ1v) is 10.7. The summed E-state index contributed by atoms with van der Waals surface area (Å²) in [5.41, 5.74) is 0.628. The number of Topliss-reactive ketones (excluding diaryl/α,β-unsaturated/α-hetero) is 1. The highest BCUT2D eigenvalue weighted by Gasteiger charge is 2.46. The molecule has 1 amide bonds. The van der Waals surface area contributed by atoms with Crippen LogP contribution in [0.2, 0.25) is 0 Å². The van der Waals surface area contributed by atoms with Crippen molar-refractivity contribution in [3.05, 3.63) is 81.4 Å². The zero-order valence-corrected chi connectivity index (χ0v) is 18.2. The first-order valence-electron chi connectivity index (χ1n) is 10.7. The molecular weight excluding hydrogens is 410 g/mol. The van der Waals surface area contributed by atoms with Crippen LogP contribution in [-0.2, 0) is 9.59 Å². The summed E-state index contributed by atoms with van der Waals surface area (Å²) in [6.07, 6.45) is 0.630. The van der Waals surface area contributed by atoms with Crippen LogP contribution in [0.1, 0.15) is 37.4 Å². The molecule has 0 spiro atoms. The quantitative estimate of drug-likeness (QED) is 0.211. The van der Waals surface area contributed by atoms with Gasteiger partial charge in [-0.1, -0.05) is 56.3 Å². The summed E-state index contributed by atoms with van der Waals surface area (Å²) in [5, 5.41) is 22.3. The number of benzene rings is 2.